The van der Waals surface area contributed by atoms with Crippen molar-refractivity contribution in [2.75, 3.05) is 11.9 Å². The minimum atomic E-state index is -0.830. The first-order chi connectivity index (χ1) is 13.4. The van der Waals surface area contributed by atoms with Gasteiger partial charge < -0.3 is 16.0 Å². The van der Waals surface area contributed by atoms with Gasteiger partial charge in [-0.3, -0.25) is 14.4 Å². The first-order valence-corrected chi connectivity index (χ1v) is 9.30. The summed E-state index contributed by atoms with van der Waals surface area (Å²) in [5.74, 6) is -1.51. The molecule has 146 valence electrons. The standard InChI is InChI=1S/C21H24N4O3/c1-13-11-17(15-7-4-3-5-8-15)25(12-14(13)2)21(28)20(27)24-19-16(18(22)26)9-6-10-23-19/h3-10,13-14,17H,11-12H2,1-2H3,(H2,22,26)(H,23,24,27)/t13-,14+,17-/m0/s1. The summed E-state index contributed by atoms with van der Waals surface area (Å²) in [6.07, 6.45) is 2.20. The van der Waals surface area contributed by atoms with E-state index < -0.39 is 17.7 Å². The fraction of sp³-hybridized carbons (Fsp3) is 0.333. The summed E-state index contributed by atoms with van der Waals surface area (Å²) in [6, 6.07) is 12.5. The summed E-state index contributed by atoms with van der Waals surface area (Å²) in [4.78, 5) is 42.8. The maximum atomic E-state index is 13.0. The van der Waals surface area contributed by atoms with Crippen molar-refractivity contribution in [2.45, 2.75) is 26.3 Å². The van der Waals surface area contributed by atoms with Crippen molar-refractivity contribution in [3.05, 3.63) is 59.8 Å². The molecule has 0 saturated carbocycles. The summed E-state index contributed by atoms with van der Waals surface area (Å²) in [5, 5.41) is 2.44. The van der Waals surface area contributed by atoms with Gasteiger partial charge in [0.1, 0.15) is 5.82 Å². The van der Waals surface area contributed by atoms with Crippen LogP contribution in [0.3, 0.4) is 0 Å². The number of hydrogen-bond acceptors (Lipinski definition) is 4. The smallest absolute Gasteiger partial charge is 0.315 e. The lowest BCUT2D eigenvalue weighted by Crippen LogP contribution is -2.48. The highest BCUT2D eigenvalue weighted by Crippen LogP contribution is 2.36. The molecular weight excluding hydrogens is 356 g/mol. The maximum Gasteiger partial charge on any atom is 0.315 e. The van der Waals surface area contributed by atoms with E-state index >= 15 is 0 Å². The fourth-order valence-electron chi connectivity index (χ4n) is 3.54. The monoisotopic (exact) mass is 380 g/mol. The third kappa shape index (κ3) is 4.03. The number of aromatic nitrogens is 1. The Kier molecular flexibility index (Phi) is 5.73. The molecule has 0 aliphatic carbocycles. The molecule has 3 atom stereocenters. The molecule has 3 amide bonds. The molecule has 1 fully saturated rings. The second kappa shape index (κ2) is 8.21. The van der Waals surface area contributed by atoms with Crippen molar-refractivity contribution in [3.63, 3.8) is 0 Å². The van der Waals surface area contributed by atoms with E-state index in [1.807, 2.05) is 30.3 Å². The van der Waals surface area contributed by atoms with E-state index in [-0.39, 0.29) is 23.3 Å². The number of nitrogens with zero attached hydrogens (tertiary/aromatic N) is 2. The Balaban J connectivity index is 1.84. The van der Waals surface area contributed by atoms with E-state index in [0.29, 0.717) is 12.5 Å². The first-order valence-electron chi connectivity index (χ1n) is 9.30. The van der Waals surface area contributed by atoms with Gasteiger partial charge in [0.25, 0.3) is 5.91 Å². The van der Waals surface area contributed by atoms with Crippen LogP contribution in [0.25, 0.3) is 0 Å². The molecule has 1 aromatic carbocycles. The number of primary amides is 1. The van der Waals surface area contributed by atoms with E-state index in [2.05, 4.69) is 24.1 Å². The number of likely N-dealkylation sites (tertiary alicyclic amines) is 1. The third-order valence-electron chi connectivity index (χ3n) is 5.37. The molecule has 0 unspecified atom stereocenters. The molecule has 2 heterocycles. The van der Waals surface area contributed by atoms with Crippen LogP contribution in [0.5, 0.6) is 0 Å². The van der Waals surface area contributed by atoms with Crippen LogP contribution in [0.1, 0.15) is 42.2 Å². The normalized spacial score (nSPS) is 21.8. The van der Waals surface area contributed by atoms with Crippen LogP contribution < -0.4 is 11.1 Å². The Bertz CT molecular complexity index is 884. The number of rotatable bonds is 3. The SMILES string of the molecule is C[C@@H]1CN(C(=O)C(=O)Nc2ncccc2C(N)=O)[C@H](c2ccccc2)C[C@@H]1C. The number of carbonyl (C=O) groups is 3. The average molecular weight is 380 g/mol. The highest BCUT2D eigenvalue weighted by molar-refractivity contribution is 6.39. The summed E-state index contributed by atoms with van der Waals surface area (Å²) in [7, 11) is 0. The molecule has 28 heavy (non-hydrogen) atoms. The Labute approximate surface area is 163 Å². The Morgan fingerprint density at radius 1 is 1.07 bits per heavy atom. The number of nitrogens with one attached hydrogen (secondary N) is 1. The summed E-state index contributed by atoms with van der Waals surface area (Å²) in [6.45, 7) is 4.72. The van der Waals surface area contributed by atoms with E-state index in [0.717, 1.165) is 12.0 Å². The minimum Gasteiger partial charge on any atom is -0.365 e. The summed E-state index contributed by atoms with van der Waals surface area (Å²) in [5.41, 5.74) is 6.37. The molecule has 1 aliphatic rings. The van der Waals surface area contributed by atoms with Gasteiger partial charge in [0, 0.05) is 12.7 Å². The molecule has 1 saturated heterocycles. The molecule has 1 aromatic heterocycles. The summed E-state index contributed by atoms with van der Waals surface area (Å²) < 4.78 is 0. The third-order valence-corrected chi connectivity index (χ3v) is 5.37. The fourth-order valence-corrected chi connectivity index (χ4v) is 3.54. The predicted octanol–water partition coefficient (Wildman–Crippen LogP) is 2.36. The van der Waals surface area contributed by atoms with Crippen LogP contribution in [0.2, 0.25) is 0 Å². The second-order valence-electron chi connectivity index (χ2n) is 7.29. The molecule has 7 nitrogen and oxygen atoms in total. The highest BCUT2D eigenvalue weighted by atomic mass is 16.2. The van der Waals surface area contributed by atoms with E-state index in [9.17, 15) is 14.4 Å². The van der Waals surface area contributed by atoms with Crippen LogP contribution in [-0.2, 0) is 9.59 Å². The number of benzene rings is 1. The number of amides is 3. The Morgan fingerprint density at radius 3 is 2.46 bits per heavy atom. The molecular formula is C21H24N4O3. The molecule has 2 aromatic rings. The Morgan fingerprint density at radius 2 is 1.79 bits per heavy atom. The number of carbonyl (C=O) groups excluding carboxylic acids is 3. The molecule has 3 N–H and O–H groups in total. The molecule has 0 bridgehead atoms. The van der Waals surface area contributed by atoms with E-state index in [1.165, 1.54) is 18.3 Å². The largest absolute Gasteiger partial charge is 0.365 e. The molecule has 7 heteroatoms. The van der Waals surface area contributed by atoms with E-state index in [4.69, 9.17) is 5.73 Å². The average Bonchev–Trinajstić information content (AvgIpc) is 2.70. The summed E-state index contributed by atoms with van der Waals surface area (Å²) >= 11 is 0. The zero-order valence-electron chi connectivity index (χ0n) is 16.0. The van der Waals surface area contributed by atoms with Crippen LogP contribution in [0, 0.1) is 11.8 Å². The van der Waals surface area contributed by atoms with Crippen molar-refractivity contribution < 1.29 is 14.4 Å². The molecule has 0 spiro atoms. The number of piperidine rings is 1. The Hall–Kier alpha value is -3.22. The van der Waals surface area contributed by atoms with Crippen molar-refractivity contribution in [3.8, 4) is 0 Å². The van der Waals surface area contributed by atoms with Crippen LogP contribution in [0.15, 0.2) is 48.7 Å². The van der Waals surface area contributed by atoms with Gasteiger partial charge in [0.2, 0.25) is 0 Å². The predicted molar refractivity (Wildman–Crippen MR) is 105 cm³/mol. The number of anilines is 1. The number of nitrogens with two attached hydrogens (primary N) is 1. The number of pyridine rings is 1. The van der Waals surface area contributed by atoms with Crippen molar-refractivity contribution >= 4 is 23.5 Å². The van der Waals surface area contributed by atoms with Gasteiger partial charge in [0.05, 0.1) is 11.6 Å². The van der Waals surface area contributed by atoms with Crippen molar-refractivity contribution in [1.82, 2.24) is 9.88 Å². The van der Waals surface area contributed by atoms with Crippen LogP contribution in [0.4, 0.5) is 5.82 Å². The lowest BCUT2D eigenvalue weighted by atomic mass is 9.82. The van der Waals surface area contributed by atoms with Crippen molar-refractivity contribution in [2.24, 2.45) is 17.6 Å². The molecule has 1 aliphatic heterocycles. The topological polar surface area (TPSA) is 105 Å². The van der Waals surface area contributed by atoms with E-state index in [1.54, 1.807) is 4.90 Å². The lowest BCUT2D eigenvalue weighted by Gasteiger charge is -2.42. The lowest BCUT2D eigenvalue weighted by molar-refractivity contribution is -0.147. The molecule has 3 rings (SSSR count). The van der Waals surface area contributed by atoms with Gasteiger partial charge >= 0.3 is 11.8 Å². The zero-order valence-corrected chi connectivity index (χ0v) is 16.0. The van der Waals surface area contributed by atoms with Crippen LogP contribution >= 0.6 is 0 Å². The number of hydrogen-bond donors (Lipinski definition) is 2. The quantitative estimate of drug-likeness (QED) is 0.797. The minimum absolute atomic E-state index is 0.0111. The second-order valence-corrected chi connectivity index (χ2v) is 7.29. The molecule has 0 radical (unpaired) electrons. The van der Waals surface area contributed by atoms with Gasteiger partial charge in [-0.25, -0.2) is 4.98 Å². The first kappa shape index (κ1) is 19.5. The van der Waals surface area contributed by atoms with Gasteiger partial charge in [-0.1, -0.05) is 44.2 Å². The van der Waals surface area contributed by atoms with Crippen LogP contribution in [-0.4, -0.2) is 34.2 Å². The maximum absolute atomic E-state index is 13.0. The van der Waals surface area contributed by atoms with Crippen molar-refractivity contribution in [1.29, 1.82) is 0 Å². The van der Waals surface area contributed by atoms with Gasteiger partial charge in [0.15, 0.2) is 0 Å². The van der Waals surface area contributed by atoms with Gasteiger partial charge in [-0.2, -0.15) is 0 Å². The zero-order chi connectivity index (χ0) is 20.3. The van der Waals surface area contributed by atoms with Gasteiger partial charge in [-0.15, -0.1) is 0 Å². The highest BCUT2D eigenvalue weighted by Gasteiger charge is 2.37. The van der Waals surface area contributed by atoms with Gasteiger partial charge in [-0.05, 0) is 36.0 Å².